The van der Waals surface area contributed by atoms with Crippen LogP contribution >= 0.6 is 5.05 Å². The van der Waals surface area contributed by atoms with Gasteiger partial charge in [0.2, 0.25) is 0 Å². The van der Waals surface area contributed by atoms with Gasteiger partial charge in [0, 0.05) is 0 Å². The molecule has 0 fully saturated rings. The van der Waals surface area contributed by atoms with Crippen LogP contribution in [-0.4, -0.2) is 38.9 Å². The van der Waals surface area contributed by atoms with Crippen molar-refractivity contribution in [3.05, 3.63) is 72.8 Å². The summed E-state index contributed by atoms with van der Waals surface area (Å²) in [7, 11) is -14.0. The van der Waals surface area contributed by atoms with E-state index in [2.05, 4.69) is 0 Å². The van der Waals surface area contributed by atoms with Gasteiger partial charge in [0.25, 0.3) is 0 Å². The summed E-state index contributed by atoms with van der Waals surface area (Å²) in [6.45, 7) is 0. The molecule has 0 unspecified atom stereocenters. The number of hydrogen-bond donors (Lipinski definition) is 3. The topological polar surface area (TPSA) is 163 Å². The fourth-order valence-electron chi connectivity index (χ4n) is 3.09. The monoisotopic (exact) mass is 599 g/mol. The first kappa shape index (κ1) is 25.1. The molecule has 32 heavy (non-hydrogen) atoms. The zero-order valence-corrected chi connectivity index (χ0v) is 21.0. The van der Waals surface area contributed by atoms with Crippen LogP contribution < -0.4 is 15.9 Å². The third-order valence-electron chi connectivity index (χ3n) is 4.44. The summed E-state index contributed by atoms with van der Waals surface area (Å²) < 4.78 is 100. The van der Waals surface area contributed by atoms with Crippen molar-refractivity contribution >= 4 is 51.3 Å². The average Bonchev–Trinajstić information content (AvgIpc) is 2.71. The van der Waals surface area contributed by atoms with Gasteiger partial charge >= 0.3 is 196 Å². The van der Waals surface area contributed by atoms with E-state index in [1.807, 2.05) is 17.9 Å². The SMILES string of the molecule is O=S(=O)(O)c1ccc([P](=[Tc])(c2ccccc2S(=O)(=O)O)c2ccccc2S(=O)(=O)O)cc1. The Morgan fingerprint density at radius 2 is 0.938 bits per heavy atom. The van der Waals surface area contributed by atoms with Crippen LogP contribution in [0.4, 0.5) is 0 Å². The molecule has 171 valence electrons. The van der Waals surface area contributed by atoms with Gasteiger partial charge in [-0.05, 0) is 0 Å². The molecule has 0 aliphatic heterocycles. The first-order chi connectivity index (χ1) is 14.7. The van der Waals surface area contributed by atoms with Crippen LogP contribution in [0.1, 0.15) is 0 Å². The van der Waals surface area contributed by atoms with Gasteiger partial charge < -0.3 is 0 Å². The van der Waals surface area contributed by atoms with Crippen LogP contribution in [-0.2, 0) is 48.3 Å². The number of rotatable bonds is 6. The molecule has 0 aliphatic carbocycles. The molecule has 0 bridgehead atoms. The molecule has 9 nitrogen and oxygen atoms in total. The Hall–Kier alpha value is -1.53. The zero-order chi connectivity index (χ0) is 23.9. The third-order valence-corrected chi connectivity index (χ3v) is 14.7. The predicted octanol–water partition coefficient (Wildman–Crippen LogP) is 1.18. The summed E-state index contributed by atoms with van der Waals surface area (Å²) in [5.41, 5.74) is 0. The summed E-state index contributed by atoms with van der Waals surface area (Å²) in [6.07, 6.45) is 0. The van der Waals surface area contributed by atoms with Crippen molar-refractivity contribution in [2.24, 2.45) is 0 Å². The molecule has 3 aromatic carbocycles. The maximum atomic E-state index is 12.1. The number of benzene rings is 3. The van der Waals surface area contributed by atoms with Crippen molar-refractivity contribution in [3.8, 4) is 0 Å². The Kier molecular flexibility index (Phi) is 6.80. The van der Waals surface area contributed by atoms with E-state index in [9.17, 15) is 38.9 Å². The molecule has 0 aromatic heterocycles. The van der Waals surface area contributed by atoms with E-state index in [1.54, 1.807) is 0 Å². The van der Waals surface area contributed by atoms with E-state index in [4.69, 9.17) is 0 Å². The van der Waals surface area contributed by atoms with Crippen LogP contribution in [0.3, 0.4) is 0 Å². The van der Waals surface area contributed by atoms with Crippen LogP contribution in [0.15, 0.2) is 87.5 Å². The first-order valence-corrected chi connectivity index (χ1v) is 17.0. The van der Waals surface area contributed by atoms with Gasteiger partial charge in [-0.25, -0.2) is 0 Å². The second-order valence-electron chi connectivity index (χ2n) is 6.44. The van der Waals surface area contributed by atoms with E-state index in [1.165, 1.54) is 48.5 Å². The molecular formula is C18H15O9PS3Tc. The zero-order valence-electron chi connectivity index (χ0n) is 15.8. The molecule has 3 aromatic rings. The molecule has 3 rings (SSSR count). The van der Waals surface area contributed by atoms with Gasteiger partial charge in [-0.1, -0.05) is 0 Å². The van der Waals surface area contributed by atoms with E-state index in [0.717, 1.165) is 24.3 Å². The van der Waals surface area contributed by atoms with Crippen molar-refractivity contribution in [2.45, 2.75) is 14.7 Å². The first-order valence-electron chi connectivity index (χ1n) is 8.48. The van der Waals surface area contributed by atoms with Crippen molar-refractivity contribution in [2.75, 3.05) is 0 Å². The summed E-state index contributed by atoms with van der Waals surface area (Å²) in [6, 6.07) is 15.7. The molecule has 14 heteroatoms. The Labute approximate surface area is 194 Å². The molecule has 0 aliphatic rings. The molecule has 0 radical (unpaired) electrons. The predicted molar refractivity (Wildman–Crippen MR) is 115 cm³/mol. The van der Waals surface area contributed by atoms with Gasteiger partial charge in [-0.2, -0.15) is 0 Å². The third kappa shape index (κ3) is 4.86. The quantitative estimate of drug-likeness (QED) is 0.279. The Morgan fingerprint density at radius 3 is 1.28 bits per heavy atom. The maximum absolute atomic E-state index is 12.1. The van der Waals surface area contributed by atoms with Crippen molar-refractivity contribution in [1.29, 1.82) is 0 Å². The van der Waals surface area contributed by atoms with E-state index in [0.29, 0.717) is 5.30 Å². The van der Waals surface area contributed by atoms with Crippen LogP contribution in [0.25, 0.3) is 0 Å². The Balaban J connectivity index is 2.50. The van der Waals surface area contributed by atoms with Gasteiger partial charge in [-0.3, -0.25) is 0 Å². The summed E-state index contributed by atoms with van der Waals surface area (Å²) in [4.78, 5) is -1.35. The summed E-state index contributed by atoms with van der Waals surface area (Å²) >= 11 is 1.88. The van der Waals surface area contributed by atoms with Crippen molar-refractivity contribution in [3.63, 3.8) is 0 Å². The average molecular weight is 600 g/mol. The van der Waals surface area contributed by atoms with Gasteiger partial charge in [-0.15, -0.1) is 0 Å². The Bertz CT molecular complexity index is 1480. The van der Waals surface area contributed by atoms with Crippen molar-refractivity contribution < 1.29 is 56.8 Å². The van der Waals surface area contributed by atoms with Crippen LogP contribution in [0, 0.1) is 0 Å². The molecule has 0 atom stereocenters. The standard InChI is InChI=1S/C18H15O9PS3.Tc/c19-29(20,21)14-11-9-13(10-12-14)28(15-5-1-3-7-17(15)30(22,23)24)16-6-2-4-8-18(16)31(25,26)27;/h1-12H,(H,19,20,21)(H,22,23,24)(H,25,26,27);. The van der Waals surface area contributed by atoms with Crippen LogP contribution in [0.5, 0.6) is 0 Å². The van der Waals surface area contributed by atoms with E-state index in [-0.39, 0.29) is 10.6 Å². The molecule has 0 saturated carbocycles. The minimum absolute atomic E-state index is 0.0683. The molecule has 0 amide bonds. The van der Waals surface area contributed by atoms with E-state index < -0.39 is 50.1 Å². The number of hydrogen-bond acceptors (Lipinski definition) is 6. The van der Waals surface area contributed by atoms with Gasteiger partial charge in [0.05, 0.1) is 0 Å². The fourth-order valence-corrected chi connectivity index (χ4v) is 12.8. The molecule has 0 spiro atoms. The van der Waals surface area contributed by atoms with Crippen molar-refractivity contribution in [1.82, 2.24) is 0 Å². The summed E-state index contributed by atoms with van der Waals surface area (Å²) in [5.74, 6) is 0. The van der Waals surface area contributed by atoms with E-state index >= 15 is 0 Å². The van der Waals surface area contributed by atoms with Crippen LogP contribution in [0.2, 0.25) is 0 Å². The Morgan fingerprint density at radius 1 is 0.562 bits per heavy atom. The molecule has 3 N–H and O–H groups in total. The fraction of sp³-hybridized carbons (Fsp3) is 0. The molecular weight excluding hydrogens is 585 g/mol. The second-order valence-corrected chi connectivity index (χ2v) is 17.0. The second kappa shape index (κ2) is 8.68. The minimum atomic E-state index is -4.74. The normalized spacial score (nSPS) is 13.1. The van der Waals surface area contributed by atoms with Gasteiger partial charge in [0.15, 0.2) is 0 Å². The molecule has 0 heterocycles. The summed E-state index contributed by atoms with van der Waals surface area (Å²) in [5, 5.41) is -2.80. The molecule has 0 saturated heterocycles. The van der Waals surface area contributed by atoms with Gasteiger partial charge in [0.1, 0.15) is 0 Å².